The number of carbonyl (C=O) groups is 3. The number of rotatable bonds is 4. The summed E-state index contributed by atoms with van der Waals surface area (Å²) in [6.45, 7) is 6.05. The molecule has 0 bridgehead atoms. The normalized spacial score (nSPS) is 18.3. The number of amides is 2. The smallest absolute Gasteiger partial charge is 0.410 e. The van der Waals surface area contributed by atoms with Crippen molar-refractivity contribution in [2.75, 3.05) is 20.2 Å². The highest BCUT2D eigenvalue weighted by molar-refractivity contribution is 5.86. The second-order valence-corrected chi connectivity index (χ2v) is 5.95. The summed E-state index contributed by atoms with van der Waals surface area (Å²) in [5, 5.41) is 2.65. The van der Waals surface area contributed by atoms with Crippen LogP contribution in [0.4, 0.5) is 4.79 Å². The van der Waals surface area contributed by atoms with Crippen molar-refractivity contribution in [1.82, 2.24) is 10.2 Å². The number of nitrogens with one attached hydrogen (secondary N) is 1. The van der Waals surface area contributed by atoms with Gasteiger partial charge in [0.15, 0.2) is 0 Å². The Morgan fingerprint density at radius 3 is 2.52 bits per heavy atom. The Kier molecular flexibility index (Phi) is 5.99. The van der Waals surface area contributed by atoms with Crippen LogP contribution in [0.15, 0.2) is 0 Å². The lowest BCUT2D eigenvalue weighted by atomic mass is 10.2. The van der Waals surface area contributed by atoms with Gasteiger partial charge in [-0.2, -0.15) is 0 Å². The van der Waals surface area contributed by atoms with Gasteiger partial charge in [-0.15, -0.1) is 0 Å². The first-order valence-corrected chi connectivity index (χ1v) is 7.09. The van der Waals surface area contributed by atoms with Crippen molar-refractivity contribution < 1.29 is 23.9 Å². The van der Waals surface area contributed by atoms with Gasteiger partial charge in [0, 0.05) is 13.1 Å². The molecule has 1 atom stereocenters. The van der Waals surface area contributed by atoms with Crippen LogP contribution in [0.3, 0.4) is 0 Å². The largest absolute Gasteiger partial charge is 0.469 e. The number of hydrogen-bond acceptors (Lipinski definition) is 5. The molecular weight excluding hydrogens is 276 g/mol. The van der Waals surface area contributed by atoms with Gasteiger partial charge < -0.3 is 14.8 Å². The van der Waals surface area contributed by atoms with Crippen LogP contribution in [0, 0.1) is 0 Å². The molecule has 0 unspecified atom stereocenters. The molecule has 1 N–H and O–H groups in total. The molecule has 0 aromatic carbocycles. The number of hydrogen-bond donors (Lipinski definition) is 1. The molecular formula is C14H24N2O5. The predicted octanol–water partition coefficient (Wildman–Crippen LogP) is 1.07. The number of esters is 1. The van der Waals surface area contributed by atoms with Crippen molar-refractivity contribution in [2.24, 2.45) is 0 Å². The maximum Gasteiger partial charge on any atom is 0.410 e. The van der Waals surface area contributed by atoms with E-state index in [-0.39, 0.29) is 24.8 Å². The summed E-state index contributed by atoms with van der Waals surface area (Å²) >= 11 is 0. The van der Waals surface area contributed by atoms with E-state index in [1.54, 1.807) is 20.8 Å². The molecule has 7 heteroatoms. The van der Waals surface area contributed by atoms with Crippen molar-refractivity contribution in [2.45, 2.75) is 51.7 Å². The third-order valence-electron chi connectivity index (χ3n) is 3.04. The van der Waals surface area contributed by atoms with E-state index in [0.717, 1.165) is 6.42 Å². The van der Waals surface area contributed by atoms with Gasteiger partial charge in [0.1, 0.15) is 11.6 Å². The number of ether oxygens (including phenoxy) is 2. The fourth-order valence-electron chi connectivity index (χ4n) is 2.09. The van der Waals surface area contributed by atoms with Gasteiger partial charge in [-0.3, -0.25) is 14.5 Å². The first-order chi connectivity index (χ1) is 9.74. The Hall–Kier alpha value is -1.79. The van der Waals surface area contributed by atoms with E-state index in [1.165, 1.54) is 12.0 Å². The molecule has 0 aromatic rings. The summed E-state index contributed by atoms with van der Waals surface area (Å²) in [6, 6.07) is -0.530. The lowest BCUT2D eigenvalue weighted by molar-refractivity contribution is -0.140. The number of methoxy groups -OCH3 is 1. The van der Waals surface area contributed by atoms with E-state index in [9.17, 15) is 14.4 Å². The maximum absolute atomic E-state index is 12.1. The highest BCUT2D eigenvalue weighted by Gasteiger charge is 2.36. The van der Waals surface area contributed by atoms with Gasteiger partial charge in [-0.25, -0.2) is 4.79 Å². The molecule has 0 radical (unpaired) electrons. The minimum absolute atomic E-state index is 0.112. The van der Waals surface area contributed by atoms with Crippen molar-refractivity contribution in [3.8, 4) is 0 Å². The number of likely N-dealkylation sites (tertiary alicyclic amines) is 1. The first-order valence-electron chi connectivity index (χ1n) is 7.09. The van der Waals surface area contributed by atoms with Crippen LogP contribution in [0.5, 0.6) is 0 Å². The fraction of sp³-hybridized carbons (Fsp3) is 0.786. The zero-order chi connectivity index (χ0) is 16.0. The van der Waals surface area contributed by atoms with Crippen LogP contribution in [0.1, 0.15) is 40.0 Å². The quantitative estimate of drug-likeness (QED) is 0.785. The molecule has 1 heterocycles. The maximum atomic E-state index is 12.1. The van der Waals surface area contributed by atoms with Crippen LogP contribution in [-0.2, 0) is 19.1 Å². The molecule has 0 aromatic heterocycles. The van der Waals surface area contributed by atoms with Gasteiger partial charge >= 0.3 is 12.1 Å². The second-order valence-electron chi connectivity index (χ2n) is 5.95. The molecule has 0 spiro atoms. The van der Waals surface area contributed by atoms with E-state index in [1.807, 2.05) is 0 Å². The topological polar surface area (TPSA) is 84.9 Å². The molecule has 0 saturated carbocycles. The fourth-order valence-corrected chi connectivity index (χ4v) is 2.09. The lowest BCUT2D eigenvalue weighted by Crippen LogP contribution is -2.47. The SMILES string of the molecule is COC(=O)CCNC(=O)[C@H]1CCCN1C(=O)OC(C)(C)C. The zero-order valence-electron chi connectivity index (χ0n) is 13.1. The van der Waals surface area contributed by atoms with E-state index < -0.39 is 17.7 Å². The molecule has 1 fully saturated rings. The van der Waals surface area contributed by atoms with E-state index in [4.69, 9.17) is 4.74 Å². The number of carbonyl (C=O) groups excluding carboxylic acids is 3. The van der Waals surface area contributed by atoms with Gasteiger partial charge in [0.05, 0.1) is 13.5 Å². The van der Waals surface area contributed by atoms with Crippen LogP contribution < -0.4 is 5.32 Å². The minimum atomic E-state index is -0.592. The summed E-state index contributed by atoms with van der Waals surface area (Å²) in [5.41, 5.74) is -0.592. The highest BCUT2D eigenvalue weighted by atomic mass is 16.6. The average molecular weight is 300 g/mol. The van der Waals surface area contributed by atoms with E-state index in [2.05, 4.69) is 10.1 Å². The summed E-state index contributed by atoms with van der Waals surface area (Å²) in [5.74, 6) is -0.645. The van der Waals surface area contributed by atoms with E-state index >= 15 is 0 Å². The van der Waals surface area contributed by atoms with Crippen molar-refractivity contribution in [1.29, 1.82) is 0 Å². The molecule has 1 saturated heterocycles. The molecule has 1 rings (SSSR count). The van der Waals surface area contributed by atoms with Crippen molar-refractivity contribution in [3.63, 3.8) is 0 Å². The van der Waals surface area contributed by atoms with Crippen LogP contribution in [-0.4, -0.2) is 54.7 Å². The molecule has 21 heavy (non-hydrogen) atoms. The predicted molar refractivity (Wildman–Crippen MR) is 75.6 cm³/mol. The summed E-state index contributed by atoms with van der Waals surface area (Å²) in [6.07, 6.45) is 0.993. The first kappa shape index (κ1) is 17.3. The van der Waals surface area contributed by atoms with Gasteiger partial charge in [0.2, 0.25) is 5.91 Å². The standard InChI is InChI=1S/C14H24N2O5/c1-14(2,3)21-13(19)16-9-5-6-10(16)12(18)15-8-7-11(17)20-4/h10H,5-9H2,1-4H3,(H,15,18)/t10-/m1/s1. The summed E-state index contributed by atoms with van der Waals surface area (Å²) in [7, 11) is 1.30. The lowest BCUT2D eigenvalue weighted by Gasteiger charge is -2.28. The van der Waals surface area contributed by atoms with E-state index in [0.29, 0.717) is 13.0 Å². The minimum Gasteiger partial charge on any atom is -0.469 e. The average Bonchev–Trinajstić information content (AvgIpc) is 2.85. The molecule has 1 aliphatic rings. The Morgan fingerprint density at radius 2 is 1.95 bits per heavy atom. The Labute approximate surface area is 124 Å². The Bertz CT molecular complexity index is 403. The summed E-state index contributed by atoms with van der Waals surface area (Å²) in [4.78, 5) is 36.6. The van der Waals surface area contributed by atoms with Crippen molar-refractivity contribution >= 4 is 18.0 Å². The van der Waals surface area contributed by atoms with Gasteiger partial charge in [-0.1, -0.05) is 0 Å². The molecule has 120 valence electrons. The zero-order valence-corrected chi connectivity index (χ0v) is 13.1. The second kappa shape index (κ2) is 7.28. The molecule has 7 nitrogen and oxygen atoms in total. The van der Waals surface area contributed by atoms with Gasteiger partial charge in [-0.05, 0) is 33.6 Å². The number of nitrogens with zero attached hydrogens (tertiary/aromatic N) is 1. The third-order valence-corrected chi connectivity index (χ3v) is 3.04. The third kappa shape index (κ3) is 5.61. The summed E-state index contributed by atoms with van der Waals surface area (Å²) < 4.78 is 9.79. The van der Waals surface area contributed by atoms with Crippen LogP contribution >= 0.6 is 0 Å². The molecule has 2 amide bonds. The van der Waals surface area contributed by atoms with Crippen LogP contribution in [0.25, 0.3) is 0 Å². The highest BCUT2D eigenvalue weighted by Crippen LogP contribution is 2.20. The van der Waals surface area contributed by atoms with Crippen LogP contribution in [0.2, 0.25) is 0 Å². The molecule has 0 aliphatic carbocycles. The Morgan fingerprint density at radius 1 is 1.29 bits per heavy atom. The monoisotopic (exact) mass is 300 g/mol. The molecule has 1 aliphatic heterocycles. The van der Waals surface area contributed by atoms with Gasteiger partial charge in [0.25, 0.3) is 0 Å². The Balaban J connectivity index is 2.50. The van der Waals surface area contributed by atoms with Crippen molar-refractivity contribution in [3.05, 3.63) is 0 Å².